The Hall–Kier alpha value is -2.06. The highest BCUT2D eigenvalue weighted by Crippen LogP contribution is 2.34. The van der Waals surface area contributed by atoms with E-state index in [1.807, 2.05) is 6.07 Å². The van der Waals surface area contributed by atoms with Gasteiger partial charge in [0, 0.05) is 6.20 Å². The summed E-state index contributed by atoms with van der Waals surface area (Å²) in [6.07, 6.45) is -3.82. The van der Waals surface area contributed by atoms with E-state index in [9.17, 15) is 18.4 Å². The van der Waals surface area contributed by atoms with E-state index < -0.39 is 17.7 Å². The van der Waals surface area contributed by atoms with Crippen LogP contribution in [0, 0.1) is 11.3 Å². The van der Waals surface area contributed by atoms with Crippen molar-refractivity contribution < 1.29 is 13.2 Å². The lowest BCUT2D eigenvalue weighted by Gasteiger charge is -2.13. The minimum Gasteiger partial charge on any atom is -0.257 e. The van der Waals surface area contributed by atoms with Gasteiger partial charge in [-0.1, -0.05) is 41.9 Å². The van der Waals surface area contributed by atoms with Gasteiger partial charge in [-0.3, -0.25) is 4.98 Å². The van der Waals surface area contributed by atoms with Crippen molar-refractivity contribution in [1.29, 1.82) is 5.26 Å². The average molecular weight is 297 g/mol. The van der Waals surface area contributed by atoms with E-state index in [1.165, 1.54) is 0 Å². The van der Waals surface area contributed by atoms with Crippen LogP contribution in [0.25, 0.3) is 0 Å². The third-order valence-electron chi connectivity index (χ3n) is 2.73. The summed E-state index contributed by atoms with van der Waals surface area (Å²) >= 11 is 5.85. The summed E-state index contributed by atoms with van der Waals surface area (Å²) in [5, 5.41) is 9.04. The summed E-state index contributed by atoms with van der Waals surface area (Å²) in [4.78, 5) is 3.72. The molecule has 6 heteroatoms. The number of hydrogen-bond acceptors (Lipinski definition) is 2. The molecule has 0 aliphatic carbocycles. The summed E-state index contributed by atoms with van der Waals surface area (Å²) in [5.41, 5.74) is -0.187. The molecular weight excluding hydrogens is 289 g/mol. The van der Waals surface area contributed by atoms with E-state index in [0.717, 1.165) is 6.07 Å². The molecule has 0 spiro atoms. The predicted molar refractivity (Wildman–Crippen MR) is 68.1 cm³/mol. The Bertz CT molecular complexity index is 648. The number of alkyl halides is 3. The van der Waals surface area contributed by atoms with E-state index in [4.69, 9.17) is 11.6 Å². The number of hydrogen-bond donors (Lipinski definition) is 0. The van der Waals surface area contributed by atoms with Crippen LogP contribution in [0.5, 0.6) is 0 Å². The van der Waals surface area contributed by atoms with Gasteiger partial charge in [0.25, 0.3) is 0 Å². The number of aromatic nitrogens is 1. The van der Waals surface area contributed by atoms with Crippen LogP contribution in [-0.2, 0) is 6.18 Å². The average Bonchev–Trinajstić information content (AvgIpc) is 2.41. The maximum absolute atomic E-state index is 12.5. The summed E-state index contributed by atoms with van der Waals surface area (Å²) in [6, 6.07) is 11.4. The monoisotopic (exact) mass is 296 g/mol. The molecule has 0 N–H and O–H groups in total. The Balaban J connectivity index is 2.45. The highest BCUT2D eigenvalue weighted by Gasteiger charge is 2.32. The molecule has 2 aromatic rings. The molecule has 1 aromatic heterocycles. The molecule has 0 bridgehead atoms. The summed E-state index contributed by atoms with van der Waals surface area (Å²) in [6.45, 7) is 0. The van der Waals surface area contributed by atoms with Crippen LogP contribution in [0.15, 0.2) is 42.6 Å². The van der Waals surface area contributed by atoms with Crippen LogP contribution < -0.4 is 0 Å². The Kier molecular flexibility index (Phi) is 3.96. The van der Waals surface area contributed by atoms with Crippen LogP contribution in [0.4, 0.5) is 13.2 Å². The maximum Gasteiger partial charge on any atom is 0.417 e. The molecule has 0 fully saturated rings. The number of rotatable bonds is 2. The van der Waals surface area contributed by atoms with Crippen LogP contribution in [0.3, 0.4) is 0 Å². The second-order valence-corrected chi connectivity index (χ2v) is 4.47. The number of benzene rings is 1. The molecule has 0 amide bonds. The smallest absolute Gasteiger partial charge is 0.257 e. The van der Waals surface area contributed by atoms with Crippen LogP contribution in [-0.4, -0.2) is 4.98 Å². The van der Waals surface area contributed by atoms with E-state index >= 15 is 0 Å². The third kappa shape index (κ3) is 2.91. The van der Waals surface area contributed by atoms with E-state index in [2.05, 4.69) is 4.98 Å². The van der Waals surface area contributed by atoms with Gasteiger partial charge in [0.05, 0.1) is 22.3 Å². The molecule has 2 nitrogen and oxygen atoms in total. The van der Waals surface area contributed by atoms with Crippen molar-refractivity contribution in [3.05, 3.63) is 64.4 Å². The van der Waals surface area contributed by atoms with Gasteiger partial charge in [0.1, 0.15) is 5.92 Å². The molecule has 20 heavy (non-hydrogen) atoms. The van der Waals surface area contributed by atoms with Gasteiger partial charge in [-0.25, -0.2) is 0 Å². The standard InChI is InChI=1S/C14H8ClF3N2/c15-12-6-10(14(16,17)18)8-20-13(12)11(7-19)9-4-2-1-3-5-9/h1-6,8,11H/t11-/m0/s1. The van der Waals surface area contributed by atoms with Crippen molar-refractivity contribution in [3.8, 4) is 6.07 Å². The fourth-order valence-electron chi connectivity index (χ4n) is 1.75. The highest BCUT2D eigenvalue weighted by atomic mass is 35.5. The minimum absolute atomic E-state index is 0.119. The van der Waals surface area contributed by atoms with Crippen molar-refractivity contribution in [1.82, 2.24) is 4.98 Å². The summed E-state index contributed by atoms with van der Waals surface area (Å²) in [7, 11) is 0. The van der Waals surface area contributed by atoms with Crippen molar-refractivity contribution in [3.63, 3.8) is 0 Å². The normalized spacial score (nSPS) is 12.8. The number of halogens is 4. The Morgan fingerprint density at radius 1 is 1.20 bits per heavy atom. The zero-order valence-corrected chi connectivity index (χ0v) is 10.8. The molecule has 102 valence electrons. The van der Waals surface area contributed by atoms with E-state index in [0.29, 0.717) is 11.8 Å². The SMILES string of the molecule is N#C[C@@H](c1ccccc1)c1ncc(C(F)(F)F)cc1Cl. The van der Waals surface area contributed by atoms with Gasteiger partial charge in [-0.2, -0.15) is 18.4 Å². The molecular formula is C14H8ClF3N2. The quantitative estimate of drug-likeness (QED) is 0.823. The Labute approximate surface area is 118 Å². The topological polar surface area (TPSA) is 36.7 Å². The van der Waals surface area contributed by atoms with Gasteiger partial charge >= 0.3 is 6.18 Å². The number of nitrogens with zero attached hydrogens (tertiary/aromatic N) is 2. The van der Waals surface area contributed by atoms with Gasteiger partial charge in [-0.05, 0) is 11.6 Å². The summed E-state index contributed by atoms with van der Waals surface area (Å²) < 4.78 is 37.6. The zero-order chi connectivity index (χ0) is 14.8. The molecule has 0 aliphatic heterocycles. The maximum atomic E-state index is 12.5. The van der Waals surface area contributed by atoms with Crippen LogP contribution >= 0.6 is 11.6 Å². The first-order valence-corrected chi connectivity index (χ1v) is 5.98. The molecule has 0 aliphatic rings. The molecule has 0 saturated heterocycles. The largest absolute Gasteiger partial charge is 0.417 e. The molecule has 2 rings (SSSR count). The highest BCUT2D eigenvalue weighted by molar-refractivity contribution is 6.31. The first-order chi connectivity index (χ1) is 9.43. The zero-order valence-electron chi connectivity index (χ0n) is 10.0. The van der Waals surface area contributed by atoms with Crippen molar-refractivity contribution in [2.75, 3.05) is 0 Å². The lowest BCUT2D eigenvalue weighted by Crippen LogP contribution is -2.08. The van der Waals surface area contributed by atoms with E-state index in [1.54, 1.807) is 30.3 Å². The lowest BCUT2D eigenvalue weighted by atomic mass is 9.96. The first-order valence-electron chi connectivity index (χ1n) is 5.60. The van der Waals surface area contributed by atoms with Crippen molar-refractivity contribution >= 4 is 11.6 Å². The van der Waals surface area contributed by atoms with Gasteiger partial charge in [-0.15, -0.1) is 0 Å². The second-order valence-electron chi connectivity index (χ2n) is 4.06. The van der Waals surface area contributed by atoms with Crippen LogP contribution in [0.1, 0.15) is 22.7 Å². The molecule has 0 unspecified atom stereocenters. The fraction of sp³-hybridized carbons (Fsp3) is 0.143. The van der Waals surface area contributed by atoms with Crippen molar-refractivity contribution in [2.45, 2.75) is 12.1 Å². The third-order valence-corrected chi connectivity index (χ3v) is 3.04. The molecule has 0 radical (unpaired) electrons. The van der Waals surface area contributed by atoms with E-state index in [-0.39, 0.29) is 10.7 Å². The molecule has 1 aromatic carbocycles. The molecule has 0 saturated carbocycles. The Morgan fingerprint density at radius 2 is 1.85 bits per heavy atom. The number of nitriles is 1. The lowest BCUT2D eigenvalue weighted by molar-refractivity contribution is -0.137. The second kappa shape index (κ2) is 5.51. The first kappa shape index (κ1) is 14.4. The van der Waals surface area contributed by atoms with Gasteiger partial charge in [0.2, 0.25) is 0 Å². The number of pyridine rings is 1. The summed E-state index contributed by atoms with van der Waals surface area (Å²) in [5.74, 6) is -0.800. The minimum atomic E-state index is -4.51. The fourth-order valence-corrected chi connectivity index (χ4v) is 2.03. The van der Waals surface area contributed by atoms with Gasteiger partial charge < -0.3 is 0 Å². The molecule has 1 atom stereocenters. The predicted octanol–water partition coefficient (Wildman–Crippen LogP) is 4.41. The molecule has 1 heterocycles. The van der Waals surface area contributed by atoms with Gasteiger partial charge in [0.15, 0.2) is 0 Å². The Morgan fingerprint density at radius 3 is 2.35 bits per heavy atom. The van der Waals surface area contributed by atoms with Crippen molar-refractivity contribution in [2.24, 2.45) is 0 Å². The van der Waals surface area contributed by atoms with Crippen LogP contribution in [0.2, 0.25) is 5.02 Å².